The minimum Gasteiger partial charge on any atom is -0.481 e. The number of carbonyl (C=O) groups is 1. The minimum absolute atomic E-state index is 0.0209. The van der Waals surface area contributed by atoms with E-state index in [0.29, 0.717) is 0 Å². The van der Waals surface area contributed by atoms with Crippen LogP contribution in [0.3, 0.4) is 0 Å². The first-order valence-electron chi connectivity index (χ1n) is 13.5. The van der Waals surface area contributed by atoms with Crippen LogP contribution in [0.25, 0.3) is 11.0 Å². The molecule has 1 N–H and O–H groups in total. The Morgan fingerprint density at radius 3 is 2.65 bits per heavy atom. The van der Waals surface area contributed by atoms with Crippen molar-refractivity contribution in [1.29, 1.82) is 0 Å². The third-order valence-electron chi connectivity index (χ3n) is 8.20. The van der Waals surface area contributed by atoms with Gasteiger partial charge in [0.1, 0.15) is 11.3 Å². The second kappa shape index (κ2) is 10.9. The zero-order valence-electron chi connectivity index (χ0n) is 22.2. The normalized spacial score (nSPS) is 15.6. The number of carboxylic acids is 1. The fourth-order valence-corrected chi connectivity index (χ4v) is 5.97. The Morgan fingerprint density at radius 2 is 1.89 bits per heavy atom. The third kappa shape index (κ3) is 5.45. The average Bonchev–Trinajstić information content (AvgIpc) is 3.37. The standard InChI is InChI=1S/C30H37N5O2/c1-20-10-11-23(26(18-29(36)37)25-12-13-27-30(21(25)2)32-33-34(27)3)17-24(20)19-35-15-14-31-28(35)16-22-8-6-4-5-7-9-22/h10-15,17,22,26H,4-9,16,18-19H2,1-3H3,(H,36,37). The highest BCUT2D eigenvalue weighted by Crippen LogP contribution is 2.34. The molecule has 4 aromatic rings. The van der Waals surface area contributed by atoms with E-state index < -0.39 is 5.97 Å². The summed E-state index contributed by atoms with van der Waals surface area (Å²) in [7, 11) is 1.87. The van der Waals surface area contributed by atoms with Crippen LogP contribution in [0.5, 0.6) is 0 Å². The lowest BCUT2D eigenvalue weighted by molar-refractivity contribution is -0.137. The van der Waals surface area contributed by atoms with Crippen molar-refractivity contribution in [2.75, 3.05) is 0 Å². The predicted octanol–water partition coefficient (Wildman–Crippen LogP) is 5.95. The number of nitrogens with zero attached hydrogens (tertiary/aromatic N) is 5. The first kappa shape index (κ1) is 25.2. The summed E-state index contributed by atoms with van der Waals surface area (Å²) >= 11 is 0. The van der Waals surface area contributed by atoms with Gasteiger partial charge in [0, 0.05) is 38.3 Å². The van der Waals surface area contributed by atoms with E-state index in [1.54, 1.807) is 4.68 Å². The van der Waals surface area contributed by atoms with E-state index in [4.69, 9.17) is 4.98 Å². The van der Waals surface area contributed by atoms with Crippen LogP contribution in [0.15, 0.2) is 42.7 Å². The molecule has 1 aliphatic carbocycles. The molecule has 37 heavy (non-hydrogen) atoms. The SMILES string of the molecule is Cc1ccc(C(CC(=O)O)c2ccc3c(nnn3C)c2C)cc1Cn1ccnc1CC1CCCCCC1. The van der Waals surface area contributed by atoms with Crippen LogP contribution >= 0.6 is 0 Å². The highest BCUT2D eigenvalue weighted by atomic mass is 16.4. The maximum Gasteiger partial charge on any atom is 0.304 e. The predicted molar refractivity (Wildman–Crippen MR) is 145 cm³/mol. The lowest BCUT2D eigenvalue weighted by atomic mass is 9.84. The van der Waals surface area contributed by atoms with Crippen LogP contribution in [-0.4, -0.2) is 35.6 Å². The van der Waals surface area contributed by atoms with Crippen LogP contribution < -0.4 is 0 Å². The largest absolute Gasteiger partial charge is 0.481 e. The number of carboxylic acid groups (broad SMARTS) is 1. The van der Waals surface area contributed by atoms with Crippen LogP contribution in [-0.2, 0) is 24.8 Å². The molecule has 1 unspecified atom stereocenters. The smallest absolute Gasteiger partial charge is 0.304 e. The zero-order valence-corrected chi connectivity index (χ0v) is 22.2. The molecule has 1 fully saturated rings. The van der Waals surface area contributed by atoms with Crippen molar-refractivity contribution in [2.45, 2.75) is 77.7 Å². The molecule has 0 amide bonds. The molecule has 1 saturated carbocycles. The van der Waals surface area contributed by atoms with Gasteiger partial charge in [-0.1, -0.05) is 68.0 Å². The first-order chi connectivity index (χ1) is 17.9. The Hall–Kier alpha value is -3.48. The number of benzene rings is 2. The average molecular weight is 500 g/mol. The number of aliphatic carboxylic acids is 1. The molecule has 0 aliphatic heterocycles. The van der Waals surface area contributed by atoms with Crippen molar-refractivity contribution in [1.82, 2.24) is 24.5 Å². The summed E-state index contributed by atoms with van der Waals surface area (Å²) in [5.74, 6) is 0.792. The maximum absolute atomic E-state index is 12.0. The van der Waals surface area contributed by atoms with Gasteiger partial charge in [0.25, 0.3) is 0 Å². The molecule has 2 aromatic heterocycles. The Balaban J connectivity index is 1.45. The molecular formula is C30H37N5O2. The number of rotatable bonds is 8. The zero-order chi connectivity index (χ0) is 25.9. The van der Waals surface area contributed by atoms with E-state index in [9.17, 15) is 9.90 Å². The van der Waals surface area contributed by atoms with Gasteiger partial charge in [0.05, 0.1) is 11.9 Å². The topological polar surface area (TPSA) is 85.8 Å². The summed E-state index contributed by atoms with van der Waals surface area (Å²) in [5, 5.41) is 18.3. The molecule has 0 spiro atoms. The van der Waals surface area contributed by atoms with E-state index >= 15 is 0 Å². The molecule has 7 nitrogen and oxygen atoms in total. The lowest BCUT2D eigenvalue weighted by Gasteiger charge is -2.21. The molecule has 194 valence electrons. The molecule has 5 rings (SSSR count). The first-order valence-corrected chi connectivity index (χ1v) is 13.5. The van der Waals surface area contributed by atoms with Crippen LogP contribution in [0.2, 0.25) is 0 Å². The van der Waals surface area contributed by atoms with E-state index in [1.807, 2.05) is 32.3 Å². The van der Waals surface area contributed by atoms with Gasteiger partial charge >= 0.3 is 5.97 Å². The second-order valence-electron chi connectivity index (χ2n) is 10.7. The van der Waals surface area contributed by atoms with Crippen LogP contribution in [0, 0.1) is 19.8 Å². The number of fused-ring (bicyclic) bond motifs is 1. The van der Waals surface area contributed by atoms with Gasteiger partial charge < -0.3 is 9.67 Å². The summed E-state index contributed by atoms with van der Waals surface area (Å²) in [4.78, 5) is 16.7. The molecule has 0 saturated heterocycles. The van der Waals surface area contributed by atoms with Crippen molar-refractivity contribution in [3.8, 4) is 0 Å². The van der Waals surface area contributed by atoms with Crippen LogP contribution in [0.4, 0.5) is 0 Å². The van der Waals surface area contributed by atoms with Gasteiger partial charge in [0.2, 0.25) is 0 Å². The Morgan fingerprint density at radius 1 is 1.11 bits per heavy atom. The summed E-state index contributed by atoms with van der Waals surface area (Å²) < 4.78 is 4.03. The van der Waals surface area contributed by atoms with Gasteiger partial charge in [-0.25, -0.2) is 9.67 Å². The number of hydrogen-bond donors (Lipinski definition) is 1. The summed E-state index contributed by atoms with van der Waals surface area (Å²) in [6, 6.07) is 10.4. The van der Waals surface area contributed by atoms with Crippen molar-refractivity contribution in [3.63, 3.8) is 0 Å². The monoisotopic (exact) mass is 499 g/mol. The van der Waals surface area contributed by atoms with E-state index in [2.05, 4.69) is 46.2 Å². The number of imidazole rings is 1. The number of hydrogen-bond acceptors (Lipinski definition) is 4. The molecule has 2 heterocycles. The van der Waals surface area contributed by atoms with Crippen molar-refractivity contribution in [2.24, 2.45) is 13.0 Å². The lowest BCUT2D eigenvalue weighted by Crippen LogP contribution is -2.13. The molecule has 1 aliphatic rings. The maximum atomic E-state index is 12.0. The minimum atomic E-state index is -0.814. The molecule has 7 heteroatoms. The van der Waals surface area contributed by atoms with Gasteiger partial charge in [-0.2, -0.15) is 0 Å². The van der Waals surface area contributed by atoms with E-state index in [-0.39, 0.29) is 12.3 Å². The third-order valence-corrected chi connectivity index (χ3v) is 8.20. The Labute approximate surface area is 218 Å². The Kier molecular flexibility index (Phi) is 7.40. The summed E-state index contributed by atoms with van der Waals surface area (Å²) in [6.07, 6.45) is 13.0. The fourth-order valence-electron chi connectivity index (χ4n) is 5.97. The van der Waals surface area contributed by atoms with E-state index in [0.717, 1.165) is 52.4 Å². The molecule has 0 bridgehead atoms. The van der Waals surface area contributed by atoms with Crippen molar-refractivity contribution >= 4 is 17.0 Å². The van der Waals surface area contributed by atoms with Gasteiger partial charge in [-0.3, -0.25) is 4.79 Å². The van der Waals surface area contributed by atoms with Crippen molar-refractivity contribution < 1.29 is 9.90 Å². The quantitative estimate of drug-likeness (QED) is 0.303. The van der Waals surface area contributed by atoms with E-state index in [1.165, 1.54) is 49.7 Å². The number of aryl methyl sites for hydroxylation is 3. The summed E-state index contributed by atoms with van der Waals surface area (Å²) in [6.45, 7) is 4.88. The second-order valence-corrected chi connectivity index (χ2v) is 10.7. The highest BCUT2D eigenvalue weighted by molar-refractivity contribution is 5.80. The highest BCUT2D eigenvalue weighted by Gasteiger charge is 2.23. The van der Waals surface area contributed by atoms with Gasteiger partial charge in [-0.05, 0) is 53.6 Å². The summed E-state index contributed by atoms with van der Waals surface area (Å²) in [5.41, 5.74) is 7.16. The number of aromatic nitrogens is 5. The molecular weight excluding hydrogens is 462 g/mol. The molecule has 2 aromatic carbocycles. The van der Waals surface area contributed by atoms with Crippen molar-refractivity contribution in [3.05, 3.63) is 76.4 Å². The van der Waals surface area contributed by atoms with Gasteiger partial charge in [-0.15, -0.1) is 5.10 Å². The van der Waals surface area contributed by atoms with Gasteiger partial charge in [0.15, 0.2) is 0 Å². The Bertz CT molecular complexity index is 1390. The van der Waals surface area contributed by atoms with Crippen LogP contribution in [0.1, 0.15) is 84.5 Å². The fraction of sp³-hybridized carbons (Fsp3) is 0.467. The molecule has 0 radical (unpaired) electrons. The molecule has 1 atom stereocenters.